The zero-order valence-electron chi connectivity index (χ0n) is 12.5. The third kappa shape index (κ3) is 2.35. The predicted octanol–water partition coefficient (Wildman–Crippen LogP) is 2.97. The molecular weight excluding hydrogens is 278 g/mol. The van der Waals surface area contributed by atoms with E-state index < -0.39 is 11.4 Å². The van der Waals surface area contributed by atoms with Crippen LogP contribution in [0, 0.1) is 5.41 Å². The van der Waals surface area contributed by atoms with Gasteiger partial charge in [0.15, 0.2) is 5.65 Å². The minimum atomic E-state index is -0.941. The second-order valence-corrected chi connectivity index (χ2v) is 5.93. The molecule has 0 aliphatic carbocycles. The van der Waals surface area contributed by atoms with Crippen LogP contribution in [0.25, 0.3) is 5.65 Å². The molecule has 0 spiro atoms. The molecule has 1 unspecified atom stereocenters. The van der Waals surface area contributed by atoms with Crippen molar-refractivity contribution in [2.24, 2.45) is 5.41 Å². The molecule has 0 aliphatic rings. The average molecular weight is 295 g/mol. The Balaban J connectivity index is 2.18. The van der Waals surface area contributed by atoms with Gasteiger partial charge in [-0.3, -0.25) is 9.20 Å². The van der Waals surface area contributed by atoms with Gasteiger partial charge < -0.3 is 5.11 Å². The number of aliphatic carboxylic acids is 1. The second kappa shape index (κ2) is 5.26. The first-order valence-corrected chi connectivity index (χ1v) is 7.08. The van der Waals surface area contributed by atoms with E-state index in [-0.39, 0.29) is 5.92 Å². The van der Waals surface area contributed by atoms with Crippen molar-refractivity contribution in [1.82, 2.24) is 14.6 Å². The summed E-state index contributed by atoms with van der Waals surface area (Å²) in [4.78, 5) is 11.8. The molecule has 5 heteroatoms. The molecule has 0 aliphatic heterocycles. The summed E-state index contributed by atoms with van der Waals surface area (Å²) in [5, 5.41) is 17.5. The Labute approximate surface area is 128 Å². The number of hydrogen-bond donors (Lipinski definition) is 1. The van der Waals surface area contributed by atoms with Gasteiger partial charge in [-0.1, -0.05) is 36.4 Å². The number of rotatable bonds is 4. The molecule has 2 aromatic heterocycles. The standard InChI is InChI=1S/C17H17N3O2/c1-17(2,16(21)22)15(12-6-4-3-5-7-12)13-8-9-14-19-18-11-20(14)10-13/h3-11,15H,1-2H3,(H,21,22). The maximum Gasteiger partial charge on any atom is 0.310 e. The topological polar surface area (TPSA) is 67.5 Å². The summed E-state index contributed by atoms with van der Waals surface area (Å²) in [5.74, 6) is -1.09. The van der Waals surface area contributed by atoms with Gasteiger partial charge >= 0.3 is 5.97 Å². The van der Waals surface area contributed by atoms with Gasteiger partial charge in [-0.05, 0) is 31.0 Å². The highest BCUT2D eigenvalue weighted by Crippen LogP contribution is 2.41. The molecule has 112 valence electrons. The van der Waals surface area contributed by atoms with E-state index in [2.05, 4.69) is 10.2 Å². The predicted molar refractivity (Wildman–Crippen MR) is 82.7 cm³/mol. The third-order valence-electron chi connectivity index (χ3n) is 4.05. The fourth-order valence-corrected chi connectivity index (χ4v) is 2.81. The molecule has 2 heterocycles. The molecule has 0 radical (unpaired) electrons. The van der Waals surface area contributed by atoms with Crippen molar-refractivity contribution in [2.45, 2.75) is 19.8 Å². The van der Waals surface area contributed by atoms with Crippen LogP contribution in [0.1, 0.15) is 30.9 Å². The molecule has 22 heavy (non-hydrogen) atoms. The number of carboxylic acid groups (broad SMARTS) is 1. The normalized spacial score (nSPS) is 13.2. The Kier molecular flexibility index (Phi) is 3.41. The number of carboxylic acids is 1. The highest BCUT2D eigenvalue weighted by molar-refractivity contribution is 5.76. The van der Waals surface area contributed by atoms with Crippen LogP contribution >= 0.6 is 0 Å². The quantitative estimate of drug-likeness (QED) is 0.803. The van der Waals surface area contributed by atoms with Crippen LogP contribution in [0.4, 0.5) is 0 Å². The molecule has 0 saturated heterocycles. The molecule has 1 atom stereocenters. The fourth-order valence-electron chi connectivity index (χ4n) is 2.81. The van der Waals surface area contributed by atoms with Crippen molar-refractivity contribution in [1.29, 1.82) is 0 Å². The summed E-state index contributed by atoms with van der Waals surface area (Å²) in [6.45, 7) is 3.51. The van der Waals surface area contributed by atoms with Crippen LogP contribution in [0.15, 0.2) is 55.0 Å². The molecule has 0 fully saturated rings. The van der Waals surface area contributed by atoms with Crippen molar-refractivity contribution in [2.75, 3.05) is 0 Å². The largest absolute Gasteiger partial charge is 0.481 e. The zero-order chi connectivity index (χ0) is 15.7. The molecule has 3 aromatic rings. The van der Waals surface area contributed by atoms with Gasteiger partial charge in [0.1, 0.15) is 6.33 Å². The monoisotopic (exact) mass is 295 g/mol. The summed E-state index contributed by atoms with van der Waals surface area (Å²) in [7, 11) is 0. The van der Waals surface area contributed by atoms with E-state index in [9.17, 15) is 9.90 Å². The first kappa shape index (κ1) is 14.3. The first-order valence-electron chi connectivity index (χ1n) is 7.08. The number of carbonyl (C=O) groups is 1. The molecule has 0 saturated carbocycles. The minimum absolute atomic E-state index is 0.266. The van der Waals surface area contributed by atoms with E-state index in [0.29, 0.717) is 0 Å². The van der Waals surface area contributed by atoms with Crippen LogP contribution in [0.5, 0.6) is 0 Å². The molecule has 1 N–H and O–H groups in total. The smallest absolute Gasteiger partial charge is 0.310 e. The summed E-state index contributed by atoms with van der Waals surface area (Å²) in [6, 6.07) is 13.5. The second-order valence-electron chi connectivity index (χ2n) is 5.93. The lowest BCUT2D eigenvalue weighted by molar-refractivity contribution is -0.147. The van der Waals surface area contributed by atoms with E-state index in [1.54, 1.807) is 20.2 Å². The van der Waals surface area contributed by atoms with E-state index in [1.807, 2.05) is 53.1 Å². The maximum atomic E-state index is 11.8. The Morgan fingerprint density at radius 3 is 2.55 bits per heavy atom. The van der Waals surface area contributed by atoms with Crippen LogP contribution in [-0.2, 0) is 4.79 Å². The van der Waals surface area contributed by atoms with Gasteiger partial charge in [-0.2, -0.15) is 0 Å². The first-order chi connectivity index (χ1) is 10.5. The summed E-state index contributed by atoms with van der Waals surface area (Å²) in [6.07, 6.45) is 3.52. The average Bonchev–Trinajstić information content (AvgIpc) is 2.96. The maximum absolute atomic E-state index is 11.8. The minimum Gasteiger partial charge on any atom is -0.481 e. The van der Waals surface area contributed by atoms with Crippen molar-refractivity contribution >= 4 is 11.6 Å². The molecule has 3 rings (SSSR count). The number of hydrogen-bond acceptors (Lipinski definition) is 3. The Bertz CT molecular complexity index is 809. The van der Waals surface area contributed by atoms with Crippen LogP contribution in [-0.4, -0.2) is 25.7 Å². The number of pyridine rings is 1. The van der Waals surface area contributed by atoms with Crippen molar-refractivity contribution in [3.63, 3.8) is 0 Å². The van der Waals surface area contributed by atoms with Gasteiger partial charge in [-0.15, -0.1) is 10.2 Å². The van der Waals surface area contributed by atoms with Crippen LogP contribution in [0.2, 0.25) is 0 Å². The Morgan fingerprint density at radius 1 is 1.14 bits per heavy atom. The van der Waals surface area contributed by atoms with E-state index >= 15 is 0 Å². The third-order valence-corrected chi connectivity index (χ3v) is 4.05. The van der Waals surface area contributed by atoms with E-state index in [0.717, 1.165) is 16.8 Å². The number of aromatic nitrogens is 3. The number of benzene rings is 1. The molecule has 0 amide bonds. The lowest BCUT2D eigenvalue weighted by Crippen LogP contribution is -2.32. The molecule has 0 bridgehead atoms. The summed E-state index contributed by atoms with van der Waals surface area (Å²) < 4.78 is 1.81. The zero-order valence-corrected chi connectivity index (χ0v) is 12.5. The highest BCUT2D eigenvalue weighted by Gasteiger charge is 2.39. The molecule has 1 aromatic carbocycles. The Hall–Kier alpha value is -2.69. The van der Waals surface area contributed by atoms with Crippen molar-refractivity contribution in [3.05, 3.63) is 66.1 Å². The summed E-state index contributed by atoms with van der Waals surface area (Å²) >= 11 is 0. The molecule has 5 nitrogen and oxygen atoms in total. The van der Waals surface area contributed by atoms with Crippen LogP contribution in [0.3, 0.4) is 0 Å². The van der Waals surface area contributed by atoms with Crippen molar-refractivity contribution < 1.29 is 9.90 Å². The Morgan fingerprint density at radius 2 is 1.86 bits per heavy atom. The molecular formula is C17H17N3O2. The van der Waals surface area contributed by atoms with E-state index in [1.165, 1.54) is 0 Å². The van der Waals surface area contributed by atoms with E-state index in [4.69, 9.17) is 0 Å². The van der Waals surface area contributed by atoms with Gasteiger partial charge in [0, 0.05) is 12.1 Å². The van der Waals surface area contributed by atoms with Crippen LogP contribution < -0.4 is 0 Å². The fraction of sp³-hybridized carbons (Fsp3) is 0.235. The van der Waals surface area contributed by atoms with Gasteiger partial charge in [-0.25, -0.2) is 0 Å². The SMILES string of the molecule is CC(C)(C(=O)O)C(c1ccccc1)c1ccc2nncn2c1. The van der Waals surface area contributed by atoms with Crippen molar-refractivity contribution in [3.8, 4) is 0 Å². The summed E-state index contributed by atoms with van der Waals surface area (Å²) in [5.41, 5.74) is 1.69. The van der Waals surface area contributed by atoms with Gasteiger partial charge in [0.05, 0.1) is 5.41 Å². The number of nitrogens with zero attached hydrogens (tertiary/aromatic N) is 3. The lowest BCUT2D eigenvalue weighted by atomic mass is 9.71. The van der Waals surface area contributed by atoms with Gasteiger partial charge in [0.25, 0.3) is 0 Å². The lowest BCUT2D eigenvalue weighted by Gasteiger charge is -2.31. The highest BCUT2D eigenvalue weighted by atomic mass is 16.4. The van der Waals surface area contributed by atoms with Gasteiger partial charge in [0.2, 0.25) is 0 Å². The number of fused-ring (bicyclic) bond motifs is 1.